The Balaban J connectivity index is 2.01. The van der Waals surface area contributed by atoms with Crippen LogP contribution in [0.25, 0.3) is 10.8 Å². The number of carbonyl (C=O) groups excluding carboxylic acids is 2. The molecular formula is C18H23N3O4S. The summed E-state index contributed by atoms with van der Waals surface area (Å²) in [6.07, 6.45) is 0.798. The van der Waals surface area contributed by atoms with Gasteiger partial charge in [0.2, 0.25) is 21.8 Å². The lowest BCUT2D eigenvalue weighted by molar-refractivity contribution is -0.126. The first-order valence-corrected chi connectivity index (χ1v) is 9.77. The van der Waals surface area contributed by atoms with Gasteiger partial charge >= 0.3 is 0 Å². The van der Waals surface area contributed by atoms with Gasteiger partial charge in [0.05, 0.1) is 18.0 Å². The molecule has 0 atom stereocenters. The molecule has 0 radical (unpaired) electrons. The second kappa shape index (κ2) is 8.77. The maximum Gasteiger partial charge on any atom is 0.243 e. The van der Waals surface area contributed by atoms with E-state index >= 15 is 0 Å². The number of benzene rings is 2. The normalized spacial score (nSPS) is 11.5. The third-order valence-corrected chi connectivity index (χ3v) is 5.61. The topological polar surface area (TPSA) is 95.6 Å². The number of hydrogen-bond donors (Lipinski definition) is 2. The quantitative estimate of drug-likeness (QED) is 0.720. The van der Waals surface area contributed by atoms with Crippen molar-refractivity contribution >= 4 is 32.6 Å². The minimum atomic E-state index is -3.81. The molecule has 0 saturated carbocycles. The van der Waals surface area contributed by atoms with E-state index in [1.807, 2.05) is 31.2 Å². The van der Waals surface area contributed by atoms with Crippen molar-refractivity contribution in [3.05, 3.63) is 42.5 Å². The second-order valence-electron chi connectivity index (χ2n) is 5.90. The smallest absolute Gasteiger partial charge is 0.243 e. The lowest BCUT2D eigenvalue weighted by atomic mass is 10.1. The van der Waals surface area contributed by atoms with Gasteiger partial charge in [-0.15, -0.1) is 0 Å². The Morgan fingerprint density at radius 1 is 1.00 bits per heavy atom. The first-order chi connectivity index (χ1) is 12.3. The van der Waals surface area contributed by atoms with E-state index in [2.05, 4.69) is 10.6 Å². The van der Waals surface area contributed by atoms with Crippen LogP contribution in [-0.2, 0) is 19.6 Å². The maximum absolute atomic E-state index is 12.7. The van der Waals surface area contributed by atoms with Crippen LogP contribution in [0, 0.1) is 0 Å². The summed E-state index contributed by atoms with van der Waals surface area (Å²) in [5.74, 6) is -0.844. The van der Waals surface area contributed by atoms with Gasteiger partial charge in [0.15, 0.2) is 0 Å². The third kappa shape index (κ3) is 5.03. The molecule has 2 aromatic rings. The Bertz CT molecular complexity index is 896. The van der Waals surface area contributed by atoms with Crippen LogP contribution in [0.4, 0.5) is 0 Å². The number of hydrogen-bond acceptors (Lipinski definition) is 4. The summed E-state index contributed by atoms with van der Waals surface area (Å²) >= 11 is 0. The number of fused-ring (bicyclic) bond motifs is 1. The predicted octanol–water partition coefficient (Wildman–Crippen LogP) is 1.10. The number of likely N-dealkylation sites (N-methyl/N-ethyl adjacent to an activating group) is 1. The fourth-order valence-corrected chi connectivity index (χ4v) is 3.52. The molecule has 0 fully saturated rings. The van der Waals surface area contributed by atoms with Crippen LogP contribution in [0.5, 0.6) is 0 Å². The van der Waals surface area contributed by atoms with E-state index in [4.69, 9.17) is 0 Å². The third-order valence-electron chi connectivity index (χ3n) is 3.81. The van der Waals surface area contributed by atoms with E-state index in [-0.39, 0.29) is 23.9 Å². The highest BCUT2D eigenvalue weighted by molar-refractivity contribution is 7.89. The summed E-state index contributed by atoms with van der Waals surface area (Å²) in [5.41, 5.74) is 0. The average Bonchev–Trinajstić information content (AvgIpc) is 2.64. The molecule has 0 spiro atoms. The first-order valence-electron chi connectivity index (χ1n) is 8.33. The number of nitrogens with one attached hydrogen (secondary N) is 2. The zero-order chi connectivity index (χ0) is 19.2. The number of sulfonamides is 1. The zero-order valence-electron chi connectivity index (χ0n) is 14.9. The van der Waals surface area contributed by atoms with Gasteiger partial charge in [-0.3, -0.25) is 9.59 Å². The zero-order valence-corrected chi connectivity index (χ0v) is 15.7. The highest BCUT2D eigenvalue weighted by Crippen LogP contribution is 2.21. The molecule has 8 heteroatoms. The number of carbonyl (C=O) groups is 2. The van der Waals surface area contributed by atoms with Crippen molar-refractivity contribution in [1.29, 1.82) is 0 Å². The fourth-order valence-electron chi connectivity index (χ4n) is 2.36. The van der Waals surface area contributed by atoms with Crippen LogP contribution in [0.2, 0.25) is 0 Å². The number of rotatable bonds is 8. The second-order valence-corrected chi connectivity index (χ2v) is 7.94. The van der Waals surface area contributed by atoms with Gasteiger partial charge in [0.25, 0.3) is 0 Å². The molecule has 0 aliphatic rings. The van der Waals surface area contributed by atoms with E-state index in [9.17, 15) is 18.0 Å². The average molecular weight is 377 g/mol. The minimum absolute atomic E-state index is 0.118. The molecule has 2 N–H and O–H groups in total. The minimum Gasteiger partial charge on any atom is -0.355 e. The predicted molar refractivity (Wildman–Crippen MR) is 100 cm³/mol. The molecule has 0 aliphatic carbocycles. The summed E-state index contributed by atoms with van der Waals surface area (Å²) in [7, 11) is -2.47. The summed E-state index contributed by atoms with van der Waals surface area (Å²) in [6, 6.07) is 12.3. The SMILES string of the molecule is CCCNC(=O)CNC(=O)CN(C)S(=O)(=O)c1ccc2ccccc2c1. The van der Waals surface area contributed by atoms with E-state index in [1.165, 1.54) is 13.1 Å². The van der Waals surface area contributed by atoms with Gasteiger partial charge in [-0.05, 0) is 29.3 Å². The molecule has 0 unspecified atom stereocenters. The first kappa shape index (κ1) is 19.9. The van der Waals surface area contributed by atoms with Crippen molar-refractivity contribution < 1.29 is 18.0 Å². The van der Waals surface area contributed by atoms with E-state index in [0.29, 0.717) is 6.54 Å². The lowest BCUT2D eigenvalue weighted by Gasteiger charge is -2.17. The lowest BCUT2D eigenvalue weighted by Crippen LogP contribution is -2.42. The van der Waals surface area contributed by atoms with Gasteiger partial charge in [-0.1, -0.05) is 37.3 Å². The Morgan fingerprint density at radius 3 is 2.38 bits per heavy atom. The van der Waals surface area contributed by atoms with Crippen molar-refractivity contribution in [1.82, 2.24) is 14.9 Å². The van der Waals surface area contributed by atoms with Crippen molar-refractivity contribution in [2.75, 3.05) is 26.7 Å². The van der Waals surface area contributed by atoms with E-state index < -0.39 is 15.9 Å². The molecule has 7 nitrogen and oxygen atoms in total. The van der Waals surface area contributed by atoms with Crippen molar-refractivity contribution in [2.24, 2.45) is 0 Å². The Labute approximate surface area is 153 Å². The summed E-state index contributed by atoms with van der Waals surface area (Å²) in [5, 5.41) is 6.79. The van der Waals surface area contributed by atoms with Crippen molar-refractivity contribution in [3.63, 3.8) is 0 Å². The molecular weight excluding hydrogens is 354 g/mol. The molecule has 0 saturated heterocycles. The van der Waals surface area contributed by atoms with Gasteiger partial charge in [-0.25, -0.2) is 8.42 Å². The monoisotopic (exact) mass is 377 g/mol. The molecule has 2 aromatic carbocycles. The van der Waals surface area contributed by atoms with Gasteiger partial charge < -0.3 is 10.6 Å². The largest absolute Gasteiger partial charge is 0.355 e. The molecule has 0 aromatic heterocycles. The van der Waals surface area contributed by atoms with Crippen LogP contribution in [0.3, 0.4) is 0 Å². The van der Waals surface area contributed by atoms with E-state index in [1.54, 1.807) is 12.1 Å². The van der Waals surface area contributed by atoms with Crippen molar-refractivity contribution in [2.45, 2.75) is 18.2 Å². The Morgan fingerprint density at radius 2 is 1.69 bits per heavy atom. The van der Waals surface area contributed by atoms with Gasteiger partial charge in [-0.2, -0.15) is 4.31 Å². The van der Waals surface area contributed by atoms with E-state index in [0.717, 1.165) is 21.5 Å². The van der Waals surface area contributed by atoms with Crippen LogP contribution >= 0.6 is 0 Å². The van der Waals surface area contributed by atoms with Crippen LogP contribution in [0.15, 0.2) is 47.4 Å². The molecule has 26 heavy (non-hydrogen) atoms. The van der Waals surface area contributed by atoms with Crippen molar-refractivity contribution in [3.8, 4) is 0 Å². The summed E-state index contributed by atoms with van der Waals surface area (Å²) in [6.45, 7) is 1.91. The highest BCUT2D eigenvalue weighted by Gasteiger charge is 2.23. The van der Waals surface area contributed by atoms with Crippen LogP contribution < -0.4 is 10.6 Å². The molecule has 140 valence electrons. The van der Waals surface area contributed by atoms with Gasteiger partial charge in [0.1, 0.15) is 0 Å². The highest BCUT2D eigenvalue weighted by atomic mass is 32.2. The number of nitrogens with zero attached hydrogens (tertiary/aromatic N) is 1. The summed E-state index contributed by atoms with van der Waals surface area (Å²) in [4.78, 5) is 23.5. The summed E-state index contributed by atoms with van der Waals surface area (Å²) < 4.78 is 26.3. The van der Waals surface area contributed by atoms with Crippen LogP contribution in [0.1, 0.15) is 13.3 Å². The standard InChI is InChI=1S/C18H23N3O4S/c1-3-10-19-17(22)12-20-18(23)13-21(2)26(24,25)16-9-8-14-6-4-5-7-15(14)11-16/h4-9,11H,3,10,12-13H2,1-2H3,(H,19,22)(H,20,23). The molecule has 2 rings (SSSR count). The fraction of sp³-hybridized carbons (Fsp3) is 0.333. The maximum atomic E-state index is 12.7. The van der Waals surface area contributed by atoms with Crippen LogP contribution in [-0.4, -0.2) is 51.2 Å². The molecule has 0 aliphatic heterocycles. The Hall–Kier alpha value is -2.45. The Kier molecular flexibility index (Phi) is 6.70. The molecule has 0 bridgehead atoms. The van der Waals surface area contributed by atoms with Gasteiger partial charge in [0, 0.05) is 13.6 Å². The molecule has 2 amide bonds. The molecule has 0 heterocycles. The number of amides is 2.